The fourth-order valence-corrected chi connectivity index (χ4v) is 2.26. The molecule has 1 amide bonds. The van der Waals surface area contributed by atoms with Gasteiger partial charge in [0.2, 0.25) is 0 Å². The number of para-hydroxylation sites is 1. The highest BCUT2D eigenvalue weighted by molar-refractivity contribution is 7.19. The fourth-order valence-electron chi connectivity index (χ4n) is 1.48. The van der Waals surface area contributed by atoms with Crippen LogP contribution in [0.1, 0.15) is 16.1 Å². The maximum atomic E-state index is 11.9. The number of nitrogens with zero attached hydrogens (tertiary/aromatic N) is 2. The van der Waals surface area contributed by atoms with Crippen molar-refractivity contribution >= 4 is 33.1 Å². The summed E-state index contributed by atoms with van der Waals surface area (Å²) in [4.78, 5) is 26.0. The summed E-state index contributed by atoms with van der Waals surface area (Å²) in [6.07, 6.45) is 0. The maximum absolute atomic E-state index is 11.9. The zero-order chi connectivity index (χ0) is 14.0. The summed E-state index contributed by atoms with van der Waals surface area (Å²) >= 11 is 0.814. The number of nitrogen functional groups attached to an aromatic ring is 1. The number of benzene rings is 1. The fraction of sp³-hybridized carbons (Fsp3) is 0.0909. The zero-order valence-electron chi connectivity index (χ0n) is 9.91. The normalized spacial score (nSPS) is 10.2. The summed E-state index contributed by atoms with van der Waals surface area (Å²) in [5.41, 5.74) is 6.58. The summed E-state index contributed by atoms with van der Waals surface area (Å²) in [6.45, 7) is 1.52. The van der Waals surface area contributed by atoms with E-state index in [1.807, 2.05) is 0 Å². The van der Waals surface area contributed by atoms with Crippen molar-refractivity contribution in [2.24, 2.45) is 0 Å². The van der Waals surface area contributed by atoms with Crippen molar-refractivity contribution in [1.82, 2.24) is 4.98 Å². The second-order valence-electron chi connectivity index (χ2n) is 3.71. The number of anilines is 2. The molecule has 0 aliphatic heterocycles. The number of amides is 1. The molecule has 0 bridgehead atoms. The number of hydrogen-bond donors (Lipinski definition) is 2. The Morgan fingerprint density at radius 3 is 2.74 bits per heavy atom. The van der Waals surface area contributed by atoms with Gasteiger partial charge in [-0.1, -0.05) is 12.1 Å². The number of rotatable bonds is 3. The van der Waals surface area contributed by atoms with Crippen LogP contribution in [-0.4, -0.2) is 15.8 Å². The van der Waals surface area contributed by atoms with Crippen LogP contribution >= 0.6 is 11.3 Å². The van der Waals surface area contributed by atoms with Crippen molar-refractivity contribution in [3.05, 3.63) is 45.6 Å². The summed E-state index contributed by atoms with van der Waals surface area (Å²) < 4.78 is 0. The highest BCUT2D eigenvalue weighted by Gasteiger charge is 2.19. The Bertz CT molecular complexity index is 653. The molecule has 0 saturated carbocycles. The van der Waals surface area contributed by atoms with E-state index in [-0.39, 0.29) is 15.8 Å². The molecule has 19 heavy (non-hydrogen) atoms. The molecule has 0 unspecified atom stereocenters. The van der Waals surface area contributed by atoms with Crippen LogP contribution < -0.4 is 11.1 Å². The van der Waals surface area contributed by atoms with Gasteiger partial charge < -0.3 is 5.73 Å². The highest BCUT2D eigenvalue weighted by atomic mass is 32.1. The number of carbonyl (C=O) groups excluding carboxylic acids is 1. The van der Waals surface area contributed by atoms with E-state index >= 15 is 0 Å². The van der Waals surface area contributed by atoms with E-state index in [9.17, 15) is 14.9 Å². The zero-order valence-corrected chi connectivity index (χ0v) is 10.7. The van der Waals surface area contributed by atoms with Gasteiger partial charge in [0, 0.05) is 5.69 Å². The SMILES string of the molecule is Cc1nc(NC(=O)c2ccccc2N)sc1[N+](=O)[O-]. The summed E-state index contributed by atoms with van der Waals surface area (Å²) in [5.74, 6) is -0.443. The van der Waals surface area contributed by atoms with Gasteiger partial charge >= 0.3 is 5.00 Å². The molecule has 1 heterocycles. The number of aryl methyl sites for hydroxylation is 1. The van der Waals surface area contributed by atoms with Gasteiger partial charge in [-0.3, -0.25) is 20.2 Å². The molecule has 2 aromatic rings. The average Bonchev–Trinajstić information content (AvgIpc) is 2.70. The van der Waals surface area contributed by atoms with Crippen molar-refractivity contribution in [3.8, 4) is 0 Å². The van der Waals surface area contributed by atoms with Gasteiger partial charge in [0.15, 0.2) is 5.13 Å². The molecule has 0 spiro atoms. The van der Waals surface area contributed by atoms with Crippen LogP contribution in [0.2, 0.25) is 0 Å². The lowest BCUT2D eigenvalue weighted by atomic mass is 10.2. The van der Waals surface area contributed by atoms with Gasteiger partial charge in [-0.15, -0.1) is 0 Å². The smallest absolute Gasteiger partial charge is 0.348 e. The first-order chi connectivity index (χ1) is 8.99. The first kappa shape index (κ1) is 13.0. The van der Waals surface area contributed by atoms with Crippen LogP contribution in [0.5, 0.6) is 0 Å². The van der Waals surface area contributed by atoms with Gasteiger partial charge in [-0.05, 0) is 30.4 Å². The molecule has 0 saturated heterocycles. The third-order valence-electron chi connectivity index (χ3n) is 2.36. The molecular weight excluding hydrogens is 268 g/mol. The number of nitrogens with one attached hydrogen (secondary N) is 1. The van der Waals surface area contributed by atoms with Crippen LogP contribution in [0.25, 0.3) is 0 Å². The van der Waals surface area contributed by atoms with E-state index in [2.05, 4.69) is 10.3 Å². The van der Waals surface area contributed by atoms with Crippen molar-refractivity contribution in [2.75, 3.05) is 11.1 Å². The van der Waals surface area contributed by atoms with Crippen LogP contribution in [-0.2, 0) is 0 Å². The van der Waals surface area contributed by atoms with Crippen molar-refractivity contribution in [1.29, 1.82) is 0 Å². The minimum atomic E-state index is -0.528. The quantitative estimate of drug-likeness (QED) is 0.508. The van der Waals surface area contributed by atoms with E-state index in [0.29, 0.717) is 11.3 Å². The van der Waals surface area contributed by atoms with E-state index in [1.54, 1.807) is 24.3 Å². The van der Waals surface area contributed by atoms with Crippen LogP contribution in [0.4, 0.5) is 15.8 Å². The van der Waals surface area contributed by atoms with Crippen molar-refractivity contribution < 1.29 is 9.72 Å². The minimum absolute atomic E-state index is 0.0867. The Morgan fingerprint density at radius 2 is 2.16 bits per heavy atom. The number of thiazole rings is 1. The molecule has 8 heteroatoms. The number of hydrogen-bond acceptors (Lipinski definition) is 6. The third-order valence-corrected chi connectivity index (χ3v) is 3.39. The molecule has 0 aliphatic carbocycles. The van der Waals surface area contributed by atoms with E-state index < -0.39 is 10.8 Å². The number of carbonyl (C=O) groups is 1. The lowest BCUT2D eigenvalue weighted by Crippen LogP contribution is -2.13. The second kappa shape index (κ2) is 5.02. The lowest BCUT2D eigenvalue weighted by Gasteiger charge is -2.03. The first-order valence-corrected chi connectivity index (χ1v) is 6.08. The van der Waals surface area contributed by atoms with Gasteiger partial charge in [0.05, 0.1) is 10.5 Å². The minimum Gasteiger partial charge on any atom is -0.398 e. The average molecular weight is 278 g/mol. The van der Waals surface area contributed by atoms with Gasteiger partial charge in [0.25, 0.3) is 5.91 Å². The molecule has 2 rings (SSSR count). The number of nitro groups is 1. The Labute approximate surface area is 112 Å². The Balaban J connectivity index is 2.22. The summed E-state index contributed by atoms with van der Waals surface area (Å²) in [6, 6.07) is 6.56. The molecular formula is C11H10N4O3S. The van der Waals surface area contributed by atoms with Crippen LogP contribution in [0.15, 0.2) is 24.3 Å². The second-order valence-corrected chi connectivity index (χ2v) is 4.69. The van der Waals surface area contributed by atoms with Gasteiger partial charge in [0.1, 0.15) is 5.69 Å². The molecule has 3 N–H and O–H groups in total. The third kappa shape index (κ3) is 2.68. The molecule has 98 valence electrons. The Morgan fingerprint density at radius 1 is 1.47 bits per heavy atom. The van der Waals surface area contributed by atoms with Crippen molar-refractivity contribution in [2.45, 2.75) is 6.92 Å². The highest BCUT2D eigenvalue weighted by Crippen LogP contribution is 2.30. The monoisotopic (exact) mass is 278 g/mol. The number of nitrogens with two attached hydrogens (primary N) is 1. The molecule has 1 aromatic carbocycles. The lowest BCUT2D eigenvalue weighted by molar-refractivity contribution is -0.380. The van der Waals surface area contributed by atoms with Gasteiger partial charge in [-0.2, -0.15) is 0 Å². The topological polar surface area (TPSA) is 111 Å². The molecule has 7 nitrogen and oxygen atoms in total. The molecule has 1 aromatic heterocycles. The van der Waals surface area contributed by atoms with E-state index in [0.717, 1.165) is 11.3 Å². The summed E-state index contributed by atoms with van der Waals surface area (Å²) in [7, 11) is 0. The Hall–Kier alpha value is -2.48. The van der Waals surface area contributed by atoms with E-state index in [1.165, 1.54) is 6.92 Å². The van der Waals surface area contributed by atoms with Crippen LogP contribution in [0.3, 0.4) is 0 Å². The largest absolute Gasteiger partial charge is 0.398 e. The maximum Gasteiger partial charge on any atom is 0.348 e. The van der Waals surface area contributed by atoms with Crippen LogP contribution in [0, 0.1) is 17.0 Å². The molecule has 0 radical (unpaired) electrons. The standard InChI is InChI=1S/C11H10N4O3S/c1-6-10(15(17)18)19-11(13-6)14-9(16)7-4-2-3-5-8(7)12/h2-5H,12H2,1H3,(H,13,14,16). The van der Waals surface area contributed by atoms with Gasteiger partial charge in [-0.25, -0.2) is 4.98 Å². The number of aromatic nitrogens is 1. The summed E-state index contributed by atoms with van der Waals surface area (Å²) in [5, 5.41) is 13.3. The molecule has 0 fully saturated rings. The predicted molar refractivity (Wildman–Crippen MR) is 72.3 cm³/mol. The predicted octanol–water partition coefficient (Wildman–Crippen LogP) is 2.19. The van der Waals surface area contributed by atoms with E-state index in [4.69, 9.17) is 5.73 Å². The first-order valence-electron chi connectivity index (χ1n) is 5.26. The van der Waals surface area contributed by atoms with Crippen molar-refractivity contribution in [3.63, 3.8) is 0 Å². The molecule has 0 aliphatic rings. The Kier molecular flexibility index (Phi) is 3.43. The molecule has 0 atom stereocenters.